The van der Waals surface area contributed by atoms with Gasteiger partial charge >= 0.3 is 0 Å². The van der Waals surface area contributed by atoms with Gasteiger partial charge in [-0.05, 0) is 12.8 Å². The molecule has 1 aromatic heterocycles. The summed E-state index contributed by atoms with van der Waals surface area (Å²) in [5, 5.41) is 16.0. The first kappa shape index (κ1) is 8.37. The Labute approximate surface area is 76.5 Å². The van der Waals surface area contributed by atoms with Crippen LogP contribution >= 0.6 is 0 Å². The van der Waals surface area contributed by atoms with Crippen LogP contribution in [0.4, 0.5) is 11.5 Å². The molecule has 0 bridgehead atoms. The highest BCUT2D eigenvalue weighted by atomic mass is 16.3. The van der Waals surface area contributed by atoms with E-state index in [1.54, 1.807) is 6.20 Å². The van der Waals surface area contributed by atoms with Gasteiger partial charge in [0.05, 0.1) is 18.0 Å². The lowest BCUT2D eigenvalue weighted by atomic mass is 10.1. The minimum Gasteiger partial charge on any atom is -0.391 e. The molecule has 1 saturated heterocycles. The lowest BCUT2D eigenvalue weighted by Crippen LogP contribution is -2.38. The molecule has 13 heavy (non-hydrogen) atoms. The van der Waals surface area contributed by atoms with E-state index in [1.165, 1.54) is 0 Å². The monoisotopic (exact) mass is 182 g/mol. The summed E-state index contributed by atoms with van der Waals surface area (Å²) in [5.41, 5.74) is 6.58. The number of aliphatic hydroxyl groups excluding tert-OH is 1. The maximum Gasteiger partial charge on any atom is 0.142 e. The van der Waals surface area contributed by atoms with Crippen molar-refractivity contribution in [1.82, 2.24) is 10.2 Å². The van der Waals surface area contributed by atoms with Crippen molar-refractivity contribution in [3.05, 3.63) is 6.20 Å². The first-order valence-corrected chi connectivity index (χ1v) is 4.49. The Morgan fingerprint density at radius 1 is 1.69 bits per heavy atom. The van der Waals surface area contributed by atoms with Crippen LogP contribution in [-0.2, 0) is 0 Å². The first-order valence-electron chi connectivity index (χ1n) is 4.49. The molecular weight excluding hydrogens is 168 g/mol. The average molecular weight is 182 g/mol. The van der Waals surface area contributed by atoms with E-state index in [2.05, 4.69) is 15.1 Å². The minimum atomic E-state index is -0.233. The summed E-state index contributed by atoms with van der Waals surface area (Å²) in [4.78, 5) is 2.06. The summed E-state index contributed by atoms with van der Waals surface area (Å²) in [6, 6.07) is 0. The van der Waals surface area contributed by atoms with Crippen molar-refractivity contribution in [1.29, 1.82) is 0 Å². The fraction of sp³-hybridized carbons (Fsp3) is 0.625. The van der Waals surface area contributed by atoms with Gasteiger partial charge in [0.1, 0.15) is 5.82 Å². The maximum absolute atomic E-state index is 9.46. The van der Waals surface area contributed by atoms with Crippen molar-refractivity contribution >= 4 is 11.5 Å². The molecule has 1 aliphatic rings. The second kappa shape index (κ2) is 3.26. The van der Waals surface area contributed by atoms with Crippen LogP contribution in [0.1, 0.15) is 12.8 Å². The largest absolute Gasteiger partial charge is 0.391 e. The van der Waals surface area contributed by atoms with E-state index in [9.17, 15) is 5.11 Å². The molecule has 0 spiro atoms. The zero-order valence-corrected chi connectivity index (χ0v) is 7.40. The number of hydrogen-bond donors (Lipinski definition) is 3. The van der Waals surface area contributed by atoms with Gasteiger partial charge in [-0.2, -0.15) is 5.10 Å². The zero-order chi connectivity index (χ0) is 9.26. The van der Waals surface area contributed by atoms with Crippen molar-refractivity contribution in [2.45, 2.75) is 18.9 Å². The van der Waals surface area contributed by atoms with Gasteiger partial charge in [0.25, 0.3) is 0 Å². The topological polar surface area (TPSA) is 78.2 Å². The minimum absolute atomic E-state index is 0.233. The van der Waals surface area contributed by atoms with E-state index in [-0.39, 0.29) is 6.10 Å². The maximum atomic E-state index is 9.46. The quantitative estimate of drug-likeness (QED) is 0.569. The van der Waals surface area contributed by atoms with E-state index in [1.807, 2.05) is 0 Å². The molecule has 0 radical (unpaired) electrons. The molecule has 0 saturated carbocycles. The summed E-state index contributed by atoms with van der Waals surface area (Å²) >= 11 is 0. The summed E-state index contributed by atoms with van der Waals surface area (Å²) in [7, 11) is 0. The van der Waals surface area contributed by atoms with Gasteiger partial charge in [-0.25, -0.2) is 0 Å². The van der Waals surface area contributed by atoms with Crippen molar-refractivity contribution in [2.75, 3.05) is 23.7 Å². The Hall–Kier alpha value is -1.23. The van der Waals surface area contributed by atoms with Gasteiger partial charge in [-0.1, -0.05) is 0 Å². The molecule has 1 aromatic rings. The van der Waals surface area contributed by atoms with Crippen LogP contribution in [-0.4, -0.2) is 34.5 Å². The number of aliphatic hydroxyl groups is 1. The second-order valence-corrected chi connectivity index (χ2v) is 3.41. The van der Waals surface area contributed by atoms with E-state index < -0.39 is 0 Å². The lowest BCUT2D eigenvalue weighted by molar-refractivity contribution is 0.154. The Morgan fingerprint density at radius 2 is 2.54 bits per heavy atom. The van der Waals surface area contributed by atoms with Crippen molar-refractivity contribution in [2.24, 2.45) is 0 Å². The van der Waals surface area contributed by atoms with Gasteiger partial charge < -0.3 is 15.7 Å². The molecule has 0 aromatic carbocycles. The zero-order valence-electron chi connectivity index (χ0n) is 7.40. The van der Waals surface area contributed by atoms with Crippen LogP contribution < -0.4 is 10.6 Å². The van der Waals surface area contributed by atoms with Gasteiger partial charge in [0.2, 0.25) is 0 Å². The van der Waals surface area contributed by atoms with Crippen LogP contribution in [0.5, 0.6) is 0 Å². The average Bonchev–Trinajstić information content (AvgIpc) is 2.51. The predicted octanol–water partition coefficient (Wildman–Crippen LogP) is -0.0470. The van der Waals surface area contributed by atoms with Gasteiger partial charge in [0, 0.05) is 13.1 Å². The molecule has 72 valence electrons. The molecule has 2 rings (SSSR count). The van der Waals surface area contributed by atoms with Crippen LogP contribution in [0.3, 0.4) is 0 Å². The van der Waals surface area contributed by atoms with E-state index in [4.69, 9.17) is 5.73 Å². The molecule has 2 heterocycles. The fourth-order valence-corrected chi connectivity index (χ4v) is 1.72. The molecule has 1 fully saturated rings. The molecule has 1 unspecified atom stereocenters. The van der Waals surface area contributed by atoms with E-state index >= 15 is 0 Å². The predicted molar refractivity (Wildman–Crippen MR) is 50.5 cm³/mol. The third-order valence-corrected chi connectivity index (χ3v) is 2.38. The smallest absolute Gasteiger partial charge is 0.142 e. The van der Waals surface area contributed by atoms with Gasteiger partial charge in [-0.3, -0.25) is 5.10 Å². The van der Waals surface area contributed by atoms with Gasteiger partial charge in [-0.15, -0.1) is 0 Å². The van der Waals surface area contributed by atoms with Crippen LogP contribution in [0.25, 0.3) is 0 Å². The molecule has 1 atom stereocenters. The number of H-pyrrole nitrogens is 1. The molecule has 4 N–H and O–H groups in total. The molecular formula is C8H14N4O. The Balaban J connectivity index is 2.12. The number of nitrogens with one attached hydrogen (secondary N) is 1. The number of hydrogen-bond acceptors (Lipinski definition) is 4. The third-order valence-electron chi connectivity index (χ3n) is 2.38. The Bertz CT molecular complexity index is 285. The standard InChI is InChI=1S/C8H14N4O/c9-8-7(4-10-11-8)12-3-1-2-6(13)5-12/h4,6,13H,1-3,5H2,(H3,9,10,11). The van der Waals surface area contributed by atoms with Crippen LogP contribution in [0.2, 0.25) is 0 Å². The number of rotatable bonds is 1. The number of aromatic amines is 1. The third kappa shape index (κ3) is 1.60. The number of aromatic nitrogens is 2. The van der Waals surface area contributed by atoms with Crippen molar-refractivity contribution in [3.63, 3.8) is 0 Å². The lowest BCUT2D eigenvalue weighted by Gasteiger charge is -2.30. The number of piperidine rings is 1. The van der Waals surface area contributed by atoms with Crippen LogP contribution in [0, 0.1) is 0 Å². The highest BCUT2D eigenvalue weighted by molar-refractivity contribution is 5.62. The highest BCUT2D eigenvalue weighted by Crippen LogP contribution is 2.23. The summed E-state index contributed by atoms with van der Waals surface area (Å²) in [5.74, 6) is 0.578. The van der Waals surface area contributed by atoms with Gasteiger partial charge in [0.15, 0.2) is 0 Å². The molecule has 5 nitrogen and oxygen atoms in total. The molecule has 1 aliphatic heterocycles. The van der Waals surface area contributed by atoms with Crippen LogP contribution in [0.15, 0.2) is 6.20 Å². The summed E-state index contributed by atoms with van der Waals surface area (Å²) in [6.45, 7) is 1.60. The SMILES string of the molecule is Nc1[nH]ncc1N1CCCC(O)C1. The summed E-state index contributed by atoms with van der Waals surface area (Å²) < 4.78 is 0. The van der Waals surface area contributed by atoms with Crippen molar-refractivity contribution < 1.29 is 5.11 Å². The second-order valence-electron chi connectivity index (χ2n) is 3.41. The molecule has 0 aliphatic carbocycles. The number of anilines is 2. The number of β-amino-alcohol motifs (C(OH)–C–C–N with tert-alkyl or cyclic N) is 1. The fourth-order valence-electron chi connectivity index (χ4n) is 1.72. The highest BCUT2D eigenvalue weighted by Gasteiger charge is 2.20. The number of nitrogens with two attached hydrogens (primary N) is 1. The normalized spacial score (nSPS) is 23.5. The molecule has 0 amide bonds. The van der Waals surface area contributed by atoms with E-state index in [0.29, 0.717) is 12.4 Å². The van der Waals surface area contributed by atoms with Crippen molar-refractivity contribution in [3.8, 4) is 0 Å². The molecule has 5 heteroatoms. The number of nitrogen functional groups attached to an aromatic ring is 1. The first-order chi connectivity index (χ1) is 6.27. The number of nitrogens with zero attached hydrogens (tertiary/aromatic N) is 2. The Morgan fingerprint density at radius 3 is 3.15 bits per heavy atom. The summed E-state index contributed by atoms with van der Waals surface area (Å²) in [6.07, 6.45) is 3.36. The Kier molecular flexibility index (Phi) is 2.10. The van der Waals surface area contributed by atoms with E-state index in [0.717, 1.165) is 25.1 Å².